The van der Waals surface area contributed by atoms with Gasteiger partial charge in [0.1, 0.15) is 28.5 Å². The number of benzene rings is 2. The number of carbonyl (C=O) groups is 1. The van der Waals surface area contributed by atoms with Gasteiger partial charge in [-0.25, -0.2) is 13.8 Å². The number of aromatic nitrogens is 3. The number of methoxy groups -OCH3 is 1. The summed E-state index contributed by atoms with van der Waals surface area (Å²) in [4.78, 5) is 17.8. The van der Waals surface area contributed by atoms with Crippen LogP contribution in [0.5, 0.6) is 5.75 Å². The van der Waals surface area contributed by atoms with Crippen LogP contribution in [0.25, 0.3) is 22.2 Å². The highest BCUT2D eigenvalue weighted by molar-refractivity contribution is 5.99. The van der Waals surface area contributed by atoms with Crippen LogP contribution < -0.4 is 10.1 Å². The van der Waals surface area contributed by atoms with E-state index in [0.717, 1.165) is 0 Å². The maximum absolute atomic E-state index is 15.6. The minimum absolute atomic E-state index is 0.0580. The van der Waals surface area contributed by atoms with E-state index in [4.69, 9.17) is 14.2 Å². The van der Waals surface area contributed by atoms with Crippen molar-refractivity contribution in [2.75, 3.05) is 26.9 Å². The highest BCUT2D eigenvalue weighted by Gasteiger charge is 2.42. The van der Waals surface area contributed by atoms with Crippen LogP contribution in [0.1, 0.15) is 41.2 Å². The summed E-state index contributed by atoms with van der Waals surface area (Å²) in [7, 11) is 1.48. The molecule has 0 aliphatic carbocycles. The minimum Gasteiger partial charge on any atom is -0.494 e. The molecule has 1 saturated heterocycles. The predicted octanol–water partition coefficient (Wildman–Crippen LogP) is 4.14. The maximum atomic E-state index is 15.6. The molecular weight excluding hydrogens is 522 g/mol. The summed E-state index contributed by atoms with van der Waals surface area (Å²) in [5.41, 5.74) is 0.179. The maximum Gasteiger partial charge on any atom is 0.251 e. The number of nitrogens with zero attached hydrogens (tertiary/aromatic N) is 3. The number of aliphatic hydroxyl groups is 1. The predicted molar refractivity (Wildman–Crippen MR) is 142 cm³/mol. The van der Waals surface area contributed by atoms with E-state index in [1.165, 1.54) is 51.3 Å². The van der Waals surface area contributed by atoms with Gasteiger partial charge >= 0.3 is 0 Å². The first-order chi connectivity index (χ1) is 19.0. The van der Waals surface area contributed by atoms with Gasteiger partial charge in [-0.3, -0.25) is 4.79 Å². The number of halogens is 2. The Morgan fingerprint density at radius 3 is 2.45 bits per heavy atom. The van der Waals surface area contributed by atoms with Gasteiger partial charge in [0.05, 0.1) is 38.2 Å². The van der Waals surface area contributed by atoms with Crippen LogP contribution in [0.2, 0.25) is 0 Å². The van der Waals surface area contributed by atoms with Crippen LogP contribution in [0.4, 0.5) is 8.78 Å². The molecule has 5 rings (SSSR count). The number of rotatable bonds is 7. The second-order valence-corrected chi connectivity index (χ2v) is 10.0. The van der Waals surface area contributed by atoms with E-state index >= 15 is 4.39 Å². The third kappa shape index (κ3) is 5.23. The van der Waals surface area contributed by atoms with Crippen molar-refractivity contribution in [1.82, 2.24) is 20.5 Å². The fourth-order valence-electron chi connectivity index (χ4n) is 4.58. The second-order valence-electron chi connectivity index (χ2n) is 10.0. The zero-order valence-electron chi connectivity index (χ0n) is 22.4. The molecule has 4 aromatic rings. The second kappa shape index (κ2) is 10.5. The molecule has 1 fully saturated rings. The Labute approximate surface area is 229 Å². The van der Waals surface area contributed by atoms with Gasteiger partial charge in [-0.1, -0.05) is 0 Å². The summed E-state index contributed by atoms with van der Waals surface area (Å²) in [6.07, 6.45) is 0. The van der Waals surface area contributed by atoms with Crippen LogP contribution in [-0.2, 0) is 20.9 Å². The summed E-state index contributed by atoms with van der Waals surface area (Å²) in [5.74, 6) is -2.88. The molecule has 1 aliphatic rings. The van der Waals surface area contributed by atoms with Crippen LogP contribution in [0.3, 0.4) is 0 Å². The first-order valence-corrected chi connectivity index (χ1v) is 12.6. The Kier molecular flexibility index (Phi) is 7.21. The summed E-state index contributed by atoms with van der Waals surface area (Å²) in [6, 6.07) is 11.6. The van der Waals surface area contributed by atoms with Crippen LogP contribution in [-0.4, -0.2) is 53.1 Å². The van der Waals surface area contributed by atoms with E-state index in [9.17, 15) is 14.3 Å². The van der Waals surface area contributed by atoms with Gasteiger partial charge < -0.3 is 24.6 Å². The molecule has 0 unspecified atom stereocenters. The van der Waals surface area contributed by atoms with Crippen molar-refractivity contribution in [2.24, 2.45) is 0 Å². The van der Waals surface area contributed by atoms with Gasteiger partial charge in [0.15, 0.2) is 5.82 Å². The SMILES string of the molecule is COc1cc(C(=O)NCC2(c3cc(C(C)(C)O)c(F)c(-c4ccc(F)cc4)n3)OCCO2)cc2cc(C)nnc12. The van der Waals surface area contributed by atoms with E-state index in [-0.39, 0.29) is 36.7 Å². The first kappa shape index (κ1) is 27.5. The van der Waals surface area contributed by atoms with Crippen molar-refractivity contribution in [3.05, 3.63) is 82.7 Å². The molecular formula is C29H28F2N4O5. The minimum atomic E-state index is -1.59. The van der Waals surface area contributed by atoms with Gasteiger partial charge in [-0.05, 0) is 69.3 Å². The Bertz CT molecular complexity index is 1580. The number of nitrogens with one attached hydrogen (secondary N) is 1. The molecule has 2 aromatic carbocycles. The molecule has 0 bridgehead atoms. The molecule has 1 aliphatic heterocycles. The third-order valence-corrected chi connectivity index (χ3v) is 6.62. The highest BCUT2D eigenvalue weighted by atomic mass is 19.1. The normalized spacial score (nSPS) is 14.9. The molecule has 2 N–H and O–H groups in total. The summed E-state index contributed by atoms with van der Waals surface area (Å²) < 4.78 is 46.5. The van der Waals surface area contributed by atoms with Gasteiger partial charge in [0.25, 0.3) is 5.91 Å². The number of hydrogen-bond acceptors (Lipinski definition) is 8. The third-order valence-electron chi connectivity index (χ3n) is 6.62. The molecule has 9 nitrogen and oxygen atoms in total. The standard InChI is InChI=1S/C29H28F2N4O5/c1-16-11-18-12-19(13-22(38-4)25(18)35-34-16)27(36)32-15-29(39-9-10-40-29)23-14-21(28(2,3)37)24(31)26(33-23)17-5-7-20(30)8-6-17/h5-8,11-14,37H,9-10,15H2,1-4H3,(H,32,36). The molecule has 208 valence electrons. The highest BCUT2D eigenvalue weighted by Crippen LogP contribution is 2.37. The van der Waals surface area contributed by atoms with Crippen molar-refractivity contribution < 1.29 is 32.9 Å². The lowest BCUT2D eigenvalue weighted by Gasteiger charge is -2.30. The van der Waals surface area contributed by atoms with E-state index in [2.05, 4.69) is 20.5 Å². The number of carbonyl (C=O) groups excluding carboxylic acids is 1. The van der Waals surface area contributed by atoms with Crippen molar-refractivity contribution >= 4 is 16.8 Å². The topological polar surface area (TPSA) is 116 Å². The Morgan fingerprint density at radius 2 is 1.80 bits per heavy atom. The van der Waals surface area contributed by atoms with Crippen LogP contribution in [0.15, 0.2) is 48.5 Å². The number of amides is 1. The van der Waals surface area contributed by atoms with Crippen LogP contribution >= 0.6 is 0 Å². The smallest absolute Gasteiger partial charge is 0.251 e. The van der Waals surface area contributed by atoms with E-state index in [1.54, 1.807) is 25.1 Å². The summed E-state index contributed by atoms with van der Waals surface area (Å²) in [5, 5.41) is 22.5. The Balaban J connectivity index is 1.52. The molecule has 3 heterocycles. The fraction of sp³-hybridized carbons (Fsp3) is 0.310. The Hall–Kier alpha value is -4.06. The monoisotopic (exact) mass is 550 g/mol. The quantitative estimate of drug-likeness (QED) is 0.353. The number of hydrogen-bond donors (Lipinski definition) is 2. The van der Waals surface area contributed by atoms with Crippen LogP contribution in [0, 0.1) is 18.6 Å². The molecule has 1 amide bonds. The summed E-state index contributed by atoms with van der Waals surface area (Å²) >= 11 is 0. The number of aryl methyl sites for hydroxylation is 1. The van der Waals surface area contributed by atoms with E-state index in [1.807, 2.05) is 0 Å². The van der Waals surface area contributed by atoms with Crippen molar-refractivity contribution in [3.8, 4) is 17.0 Å². The zero-order chi connectivity index (χ0) is 28.7. The average Bonchev–Trinajstić information content (AvgIpc) is 3.41. The van der Waals surface area contributed by atoms with E-state index < -0.39 is 28.9 Å². The number of pyridine rings is 1. The lowest BCUT2D eigenvalue weighted by Crippen LogP contribution is -2.43. The number of fused-ring (bicyclic) bond motifs is 1. The molecule has 2 aromatic heterocycles. The summed E-state index contributed by atoms with van der Waals surface area (Å²) in [6.45, 7) is 4.89. The van der Waals surface area contributed by atoms with Gasteiger partial charge in [0, 0.05) is 22.1 Å². The largest absolute Gasteiger partial charge is 0.494 e. The van der Waals surface area contributed by atoms with Gasteiger partial charge in [-0.2, -0.15) is 5.10 Å². The molecule has 0 radical (unpaired) electrons. The van der Waals surface area contributed by atoms with E-state index in [0.29, 0.717) is 33.5 Å². The number of ether oxygens (including phenoxy) is 3. The average molecular weight is 551 g/mol. The zero-order valence-corrected chi connectivity index (χ0v) is 22.4. The molecule has 40 heavy (non-hydrogen) atoms. The fourth-order valence-corrected chi connectivity index (χ4v) is 4.58. The molecule has 0 saturated carbocycles. The lowest BCUT2D eigenvalue weighted by atomic mass is 9.93. The van der Waals surface area contributed by atoms with Crippen molar-refractivity contribution in [3.63, 3.8) is 0 Å². The van der Waals surface area contributed by atoms with Gasteiger partial charge in [-0.15, -0.1) is 5.10 Å². The molecule has 11 heteroatoms. The van der Waals surface area contributed by atoms with Crippen molar-refractivity contribution in [1.29, 1.82) is 0 Å². The lowest BCUT2D eigenvalue weighted by molar-refractivity contribution is -0.163. The van der Waals surface area contributed by atoms with Crippen molar-refractivity contribution in [2.45, 2.75) is 32.2 Å². The molecule has 0 spiro atoms. The first-order valence-electron chi connectivity index (χ1n) is 12.6. The van der Waals surface area contributed by atoms with Gasteiger partial charge in [0.2, 0.25) is 5.79 Å². The molecule has 0 atom stereocenters. The Morgan fingerprint density at radius 1 is 1.10 bits per heavy atom.